The van der Waals surface area contributed by atoms with E-state index < -0.39 is 25.4 Å². The van der Waals surface area contributed by atoms with Gasteiger partial charge in [0.25, 0.3) is 0 Å². The minimum atomic E-state index is -4.01. The zero-order valence-electron chi connectivity index (χ0n) is 13.1. The number of sulfonamides is 1. The molecule has 5 nitrogen and oxygen atoms in total. The van der Waals surface area contributed by atoms with Crippen LogP contribution >= 0.6 is 0 Å². The van der Waals surface area contributed by atoms with Crippen molar-refractivity contribution in [2.75, 3.05) is 6.26 Å². The van der Waals surface area contributed by atoms with Gasteiger partial charge in [-0.3, -0.25) is 0 Å². The monoisotopic (exact) mass is 353 g/mol. The largest absolute Gasteiger partial charge is 0.242 e. The molecule has 0 saturated carbocycles. The van der Waals surface area contributed by atoms with E-state index in [0.717, 1.165) is 11.8 Å². The van der Waals surface area contributed by atoms with Gasteiger partial charge in [-0.05, 0) is 31.5 Å². The molecule has 2 rings (SSSR count). The number of sulfone groups is 1. The van der Waals surface area contributed by atoms with Crippen molar-refractivity contribution < 1.29 is 16.8 Å². The van der Waals surface area contributed by atoms with Crippen LogP contribution in [0.1, 0.15) is 19.4 Å². The summed E-state index contributed by atoms with van der Waals surface area (Å²) in [5.74, 6) is 0. The molecule has 0 unspecified atom stereocenters. The molecule has 0 radical (unpaired) electrons. The quantitative estimate of drug-likeness (QED) is 0.894. The highest BCUT2D eigenvalue weighted by Crippen LogP contribution is 2.26. The Morgan fingerprint density at radius 2 is 1.26 bits per heavy atom. The topological polar surface area (TPSA) is 80.3 Å². The maximum atomic E-state index is 12.7. The third-order valence-electron chi connectivity index (χ3n) is 3.42. The molecule has 1 N–H and O–H groups in total. The van der Waals surface area contributed by atoms with Gasteiger partial charge in [-0.1, -0.05) is 42.5 Å². The van der Waals surface area contributed by atoms with Crippen LogP contribution in [-0.2, 0) is 25.4 Å². The van der Waals surface area contributed by atoms with Crippen molar-refractivity contribution in [1.82, 2.24) is 4.72 Å². The zero-order chi connectivity index (χ0) is 17.3. The smallest absolute Gasteiger partial charge is 0.224 e. The van der Waals surface area contributed by atoms with Gasteiger partial charge >= 0.3 is 0 Å². The van der Waals surface area contributed by atoms with Gasteiger partial charge in [0.15, 0.2) is 9.84 Å². The maximum absolute atomic E-state index is 12.7. The Kier molecular flexibility index (Phi) is 4.66. The van der Waals surface area contributed by atoms with Crippen LogP contribution in [0.15, 0.2) is 64.4 Å². The summed E-state index contributed by atoms with van der Waals surface area (Å²) in [6.07, 6.45) is 0.990. The van der Waals surface area contributed by atoms with Gasteiger partial charge in [0.05, 0.1) is 10.4 Å². The summed E-state index contributed by atoms with van der Waals surface area (Å²) < 4.78 is 51.7. The molecule has 0 aliphatic carbocycles. The fourth-order valence-electron chi connectivity index (χ4n) is 2.28. The normalized spacial score (nSPS) is 13.0. The lowest BCUT2D eigenvalue weighted by Crippen LogP contribution is -2.41. The maximum Gasteiger partial charge on any atom is 0.242 e. The van der Waals surface area contributed by atoms with E-state index in [1.165, 1.54) is 24.3 Å². The van der Waals surface area contributed by atoms with Crippen LogP contribution in [0.3, 0.4) is 0 Å². The fraction of sp³-hybridized carbons (Fsp3) is 0.250. The molecule has 0 amide bonds. The van der Waals surface area contributed by atoms with Crippen molar-refractivity contribution in [1.29, 1.82) is 0 Å². The van der Waals surface area contributed by atoms with Gasteiger partial charge < -0.3 is 0 Å². The summed E-state index contributed by atoms with van der Waals surface area (Å²) in [6.45, 7) is 3.45. The average molecular weight is 353 g/mol. The first-order valence-electron chi connectivity index (χ1n) is 6.93. The molecule has 124 valence electrons. The van der Waals surface area contributed by atoms with Gasteiger partial charge in [-0.2, -0.15) is 0 Å². The molecule has 0 spiro atoms. The molecule has 0 saturated heterocycles. The van der Waals surface area contributed by atoms with E-state index in [9.17, 15) is 16.8 Å². The Morgan fingerprint density at radius 1 is 0.783 bits per heavy atom. The zero-order valence-corrected chi connectivity index (χ0v) is 14.8. The van der Waals surface area contributed by atoms with Crippen molar-refractivity contribution >= 4 is 19.9 Å². The molecule has 0 aliphatic heterocycles. The first-order valence-corrected chi connectivity index (χ1v) is 10.3. The van der Waals surface area contributed by atoms with Crippen LogP contribution in [0.25, 0.3) is 0 Å². The van der Waals surface area contributed by atoms with Gasteiger partial charge in [-0.15, -0.1) is 0 Å². The molecule has 0 heterocycles. The van der Waals surface area contributed by atoms with E-state index in [-0.39, 0.29) is 9.79 Å². The molecule has 23 heavy (non-hydrogen) atoms. The highest BCUT2D eigenvalue weighted by atomic mass is 32.2. The van der Waals surface area contributed by atoms with Gasteiger partial charge in [-0.25, -0.2) is 21.6 Å². The SMILES string of the molecule is CC(C)(NS(=O)(=O)c1ccccc1S(C)(=O)=O)c1ccccc1. The third-order valence-corrected chi connectivity index (χ3v) is 6.42. The molecular weight excluding hydrogens is 334 g/mol. The first-order chi connectivity index (χ1) is 10.5. The van der Waals surface area contributed by atoms with E-state index in [4.69, 9.17) is 0 Å². The second kappa shape index (κ2) is 6.07. The number of nitrogens with one attached hydrogen (secondary N) is 1. The lowest BCUT2D eigenvalue weighted by molar-refractivity contribution is 0.470. The summed E-state index contributed by atoms with van der Waals surface area (Å²) in [7, 11) is -7.67. The van der Waals surface area contributed by atoms with E-state index in [1.54, 1.807) is 13.8 Å². The summed E-state index contributed by atoms with van der Waals surface area (Å²) in [5, 5.41) is 0. The second-order valence-corrected chi connectivity index (χ2v) is 9.45. The lowest BCUT2D eigenvalue weighted by Gasteiger charge is -2.27. The molecule has 0 atom stereocenters. The van der Waals surface area contributed by atoms with Crippen molar-refractivity contribution in [2.24, 2.45) is 0 Å². The standard InChI is InChI=1S/C16H19NO4S2/c1-16(2,13-9-5-4-6-10-13)17-23(20,21)15-12-8-7-11-14(15)22(3,18)19/h4-12,17H,1-3H3. The van der Waals surface area contributed by atoms with Crippen LogP contribution in [-0.4, -0.2) is 23.1 Å². The predicted molar refractivity (Wildman–Crippen MR) is 89.3 cm³/mol. The highest BCUT2D eigenvalue weighted by molar-refractivity contribution is 7.93. The minimum absolute atomic E-state index is 0.212. The molecular formula is C16H19NO4S2. The van der Waals surface area contributed by atoms with Crippen LogP contribution < -0.4 is 4.72 Å². The van der Waals surface area contributed by atoms with Crippen molar-refractivity contribution in [3.8, 4) is 0 Å². The van der Waals surface area contributed by atoms with Gasteiger partial charge in [0.1, 0.15) is 4.90 Å². The Morgan fingerprint density at radius 3 is 1.78 bits per heavy atom. The number of rotatable bonds is 5. The number of hydrogen-bond donors (Lipinski definition) is 1. The molecule has 0 aromatic heterocycles. The van der Waals surface area contributed by atoms with Crippen LogP contribution in [0.5, 0.6) is 0 Å². The molecule has 0 aliphatic rings. The van der Waals surface area contributed by atoms with E-state index in [1.807, 2.05) is 30.3 Å². The van der Waals surface area contributed by atoms with Crippen molar-refractivity contribution in [2.45, 2.75) is 29.2 Å². The molecule has 0 fully saturated rings. The van der Waals surface area contributed by atoms with Crippen LogP contribution in [0.2, 0.25) is 0 Å². The highest BCUT2D eigenvalue weighted by Gasteiger charge is 2.30. The lowest BCUT2D eigenvalue weighted by atomic mass is 9.96. The molecule has 7 heteroatoms. The molecule has 2 aromatic carbocycles. The average Bonchev–Trinajstić information content (AvgIpc) is 2.46. The number of hydrogen-bond acceptors (Lipinski definition) is 4. The first kappa shape index (κ1) is 17.7. The summed E-state index contributed by atoms with van der Waals surface area (Å²) in [5.41, 5.74) is -0.106. The van der Waals surface area contributed by atoms with Crippen LogP contribution in [0, 0.1) is 0 Å². The summed E-state index contributed by atoms with van der Waals surface area (Å²) in [4.78, 5) is -0.456. The fourth-order valence-corrected chi connectivity index (χ4v) is 5.32. The van der Waals surface area contributed by atoms with Gasteiger partial charge in [0, 0.05) is 6.26 Å². The second-order valence-electron chi connectivity index (χ2n) is 5.82. The molecule has 2 aromatic rings. The van der Waals surface area contributed by atoms with Crippen molar-refractivity contribution in [3.63, 3.8) is 0 Å². The Hall–Kier alpha value is -1.70. The molecule has 0 bridgehead atoms. The van der Waals surface area contributed by atoms with Crippen molar-refractivity contribution in [3.05, 3.63) is 60.2 Å². The van der Waals surface area contributed by atoms with E-state index in [0.29, 0.717) is 0 Å². The Labute approximate surface area is 137 Å². The Balaban J connectivity index is 2.49. The third kappa shape index (κ3) is 3.99. The van der Waals surface area contributed by atoms with Gasteiger partial charge in [0.2, 0.25) is 10.0 Å². The van der Waals surface area contributed by atoms with Crippen LogP contribution in [0.4, 0.5) is 0 Å². The van der Waals surface area contributed by atoms with E-state index >= 15 is 0 Å². The summed E-state index contributed by atoms with van der Waals surface area (Å²) >= 11 is 0. The Bertz CT molecular complexity index is 902. The summed E-state index contributed by atoms with van der Waals surface area (Å²) in [6, 6.07) is 14.7. The minimum Gasteiger partial charge on any atom is -0.224 e. The predicted octanol–water partition coefficient (Wildman–Crippen LogP) is 2.30. The number of benzene rings is 2. The van der Waals surface area contributed by atoms with E-state index in [2.05, 4.69) is 4.72 Å².